The number of ether oxygens (including phenoxy) is 1. The summed E-state index contributed by atoms with van der Waals surface area (Å²) in [5, 5.41) is 7.01. The molecule has 6 nitrogen and oxygen atoms in total. The maximum Gasteiger partial charge on any atom is 0.290 e. The van der Waals surface area contributed by atoms with Crippen molar-refractivity contribution in [2.24, 2.45) is 0 Å². The molecule has 1 fully saturated rings. The summed E-state index contributed by atoms with van der Waals surface area (Å²) in [6, 6.07) is 9.52. The number of amides is 1. The van der Waals surface area contributed by atoms with Crippen LogP contribution in [0.5, 0.6) is 5.75 Å². The summed E-state index contributed by atoms with van der Waals surface area (Å²) in [4.78, 5) is 12.2. The Kier molecular flexibility index (Phi) is 4.84. The predicted octanol–water partition coefficient (Wildman–Crippen LogP) is 2.98. The molecule has 0 radical (unpaired) electrons. The lowest BCUT2D eigenvalue weighted by molar-refractivity contribution is 0.0937. The standard InChI is InChI=1S/C18H22N4O2/c1-3-15(12-7-9-14(10-8-12)24-4-2)19-22-18(23)17-11-16(20-21-17)13-5-6-13/h3,7-11,13,19H,4-6H2,1-2H3,(H,20,21)(H,22,23)/b15-3-. The normalized spacial score (nSPS) is 14.3. The van der Waals surface area contributed by atoms with Crippen LogP contribution in [-0.2, 0) is 0 Å². The minimum Gasteiger partial charge on any atom is -0.494 e. The van der Waals surface area contributed by atoms with Crippen LogP contribution in [0.3, 0.4) is 0 Å². The highest BCUT2D eigenvalue weighted by atomic mass is 16.5. The van der Waals surface area contributed by atoms with E-state index >= 15 is 0 Å². The van der Waals surface area contributed by atoms with Crippen LogP contribution >= 0.6 is 0 Å². The molecule has 0 bridgehead atoms. The van der Waals surface area contributed by atoms with Crippen molar-refractivity contribution in [3.8, 4) is 5.75 Å². The quantitative estimate of drug-likeness (QED) is 0.684. The first-order valence-corrected chi connectivity index (χ1v) is 8.22. The van der Waals surface area contributed by atoms with Crippen LogP contribution in [0.1, 0.15) is 54.4 Å². The molecule has 0 saturated heterocycles. The van der Waals surface area contributed by atoms with Crippen LogP contribution in [0.4, 0.5) is 0 Å². The molecular formula is C18H22N4O2. The number of carbonyl (C=O) groups is 1. The van der Waals surface area contributed by atoms with Gasteiger partial charge < -0.3 is 4.74 Å². The molecule has 1 aromatic heterocycles. The number of hydrogen-bond acceptors (Lipinski definition) is 4. The fourth-order valence-electron chi connectivity index (χ4n) is 2.45. The monoisotopic (exact) mass is 326 g/mol. The van der Waals surface area contributed by atoms with Gasteiger partial charge in [-0.05, 0) is 62.6 Å². The molecule has 0 spiro atoms. The van der Waals surface area contributed by atoms with Crippen molar-refractivity contribution < 1.29 is 9.53 Å². The fraction of sp³-hybridized carbons (Fsp3) is 0.333. The molecule has 1 saturated carbocycles. The first kappa shape index (κ1) is 16.1. The van der Waals surface area contributed by atoms with E-state index in [1.165, 1.54) is 12.8 Å². The van der Waals surface area contributed by atoms with Crippen molar-refractivity contribution in [3.63, 3.8) is 0 Å². The highest BCUT2D eigenvalue weighted by Crippen LogP contribution is 2.38. The van der Waals surface area contributed by atoms with E-state index in [9.17, 15) is 4.79 Å². The fourth-order valence-corrected chi connectivity index (χ4v) is 2.45. The van der Waals surface area contributed by atoms with E-state index in [1.54, 1.807) is 0 Å². The second-order valence-electron chi connectivity index (χ2n) is 5.72. The van der Waals surface area contributed by atoms with Crippen LogP contribution < -0.4 is 15.6 Å². The Bertz CT molecular complexity index is 730. The SMILES string of the molecule is C/C=C(\NNC(=O)c1cc(C2CC2)[nH]n1)c1ccc(OCC)cc1. The third-order valence-corrected chi connectivity index (χ3v) is 3.92. The highest BCUT2D eigenvalue weighted by Gasteiger charge is 2.26. The molecule has 0 unspecified atom stereocenters. The van der Waals surface area contributed by atoms with Gasteiger partial charge in [0.15, 0.2) is 5.69 Å². The van der Waals surface area contributed by atoms with E-state index in [2.05, 4.69) is 21.0 Å². The summed E-state index contributed by atoms with van der Waals surface area (Å²) in [6.07, 6.45) is 4.24. The maximum absolute atomic E-state index is 12.2. The molecule has 2 aromatic rings. The van der Waals surface area contributed by atoms with Crippen molar-refractivity contribution in [2.75, 3.05) is 6.61 Å². The van der Waals surface area contributed by atoms with Gasteiger partial charge in [0.2, 0.25) is 0 Å². The number of H-pyrrole nitrogens is 1. The van der Waals surface area contributed by atoms with Crippen LogP contribution in [0.2, 0.25) is 0 Å². The Morgan fingerprint density at radius 2 is 2.08 bits per heavy atom. The van der Waals surface area contributed by atoms with E-state index in [4.69, 9.17) is 4.74 Å². The third-order valence-electron chi connectivity index (χ3n) is 3.92. The zero-order chi connectivity index (χ0) is 16.9. The smallest absolute Gasteiger partial charge is 0.290 e. The summed E-state index contributed by atoms with van der Waals surface area (Å²) in [6.45, 7) is 4.49. The third kappa shape index (κ3) is 3.76. The second kappa shape index (κ2) is 7.21. The molecule has 1 aliphatic carbocycles. The summed E-state index contributed by atoms with van der Waals surface area (Å²) < 4.78 is 5.44. The summed E-state index contributed by atoms with van der Waals surface area (Å²) in [7, 11) is 0. The van der Waals surface area contributed by atoms with Gasteiger partial charge in [-0.25, -0.2) is 0 Å². The molecule has 1 aliphatic rings. The number of rotatable bonds is 7. The van der Waals surface area contributed by atoms with Gasteiger partial charge in [0.05, 0.1) is 12.3 Å². The minimum atomic E-state index is -0.261. The molecule has 0 atom stereocenters. The molecule has 3 rings (SSSR count). The van der Waals surface area contributed by atoms with E-state index < -0.39 is 0 Å². The van der Waals surface area contributed by atoms with Gasteiger partial charge in [-0.15, -0.1) is 0 Å². The van der Waals surface area contributed by atoms with E-state index in [0.29, 0.717) is 18.2 Å². The molecule has 1 aromatic carbocycles. The number of aromatic amines is 1. The predicted molar refractivity (Wildman–Crippen MR) is 92.4 cm³/mol. The second-order valence-corrected chi connectivity index (χ2v) is 5.72. The summed E-state index contributed by atoms with van der Waals surface area (Å²) in [5.41, 5.74) is 8.85. The molecule has 126 valence electrons. The van der Waals surface area contributed by atoms with Gasteiger partial charge in [0.25, 0.3) is 5.91 Å². The molecule has 3 N–H and O–H groups in total. The summed E-state index contributed by atoms with van der Waals surface area (Å²) in [5.74, 6) is 1.11. The zero-order valence-electron chi connectivity index (χ0n) is 13.9. The van der Waals surface area contributed by atoms with Gasteiger partial charge in [-0.2, -0.15) is 5.10 Å². The van der Waals surface area contributed by atoms with Crippen LogP contribution in [-0.4, -0.2) is 22.7 Å². The maximum atomic E-state index is 12.2. The number of carbonyl (C=O) groups excluding carboxylic acids is 1. The zero-order valence-corrected chi connectivity index (χ0v) is 13.9. The lowest BCUT2D eigenvalue weighted by atomic mass is 10.1. The number of allylic oxidation sites excluding steroid dienone is 1. The van der Waals surface area contributed by atoms with Crippen LogP contribution in [0.15, 0.2) is 36.4 Å². The topological polar surface area (TPSA) is 79.0 Å². The van der Waals surface area contributed by atoms with Crippen molar-refractivity contribution in [1.82, 2.24) is 21.0 Å². The Balaban J connectivity index is 1.59. The number of nitrogens with one attached hydrogen (secondary N) is 3. The molecule has 1 heterocycles. The Labute approximate surface area is 141 Å². The first-order chi connectivity index (χ1) is 11.7. The Hall–Kier alpha value is -2.76. The van der Waals surface area contributed by atoms with Crippen molar-refractivity contribution in [1.29, 1.82) is 0 Å². The number of nitrogens with zero attached hydrogens (tertiary/aromatic N) is 1. The number of aromatic nitrogens is 2. The van der Waals surface area contributed by atoms with Crippen molar-refractivity contribution >= 4 is 11.6 Å². The molecule has 1 amide bonds. The van der Waals surface area contributed by atoms with E-state index in [-0.39, 0.29) is 5.91 Å². The Morgan fingerprint density at radius 1 is 1.33 bits per heavy atom. The molecule has 24 heavy (non-hydrogen) atoms. The molecule has 0 aliphatic heterocycles. The van der Waals surface area contributed by atoms with Gasteiger partial charge >= 0.3 is 0 Å². The number of hydrogen-bond donors (Lipinski definition) is 3. The highest BCUT2D eigenvalue weighted by molar-refractivity contribution is 5.92. The van der Waals surface area contributed by atoms with Crippen molar-refractivity contribution in [2.45, 2.75) is 32.6 Å². The minimum absolute atomic E-state index is 0.261. The molecular weight excluding hydrogens is 304 g/mol. The molecule has 6 heteroatoms. The number of hydrazine groups is 1. The first-order valence-electron chi connectivity index (χ1n) is 8.22. The summed E-state index contributed by atoms with van der Waals surface area (Å²) >= 11 is 0. The number of benzene rings is 1. The lowest BCUT2D eigenvalue weighted by Crippen LogP contribution is -2.36. The lowest BCUT2D eigenvalue weighted by Gasteiger charge is -2.12. The van der Waals surface area contributed by atoms with E-state index in [0.717, 1.165) is 22.7 Å². The Morgan fingerprint density at radius 3 is 2.71 bits per heavy atom. The van der Waals surface area contributed by atoms with Crippen molar-refractivity contribution in [3.05, 3.63) is 53.4 Å². The van der Waals surface area contributed by atoms with Gasteiger partial charge in [-0.3, -0.25) is 20.7 Å². The average Bonchev–Trinajstić information content (AvgIpc) is 3.34. The van der Waals surface area contributed by atoms with Crippen LogP contribution in [0, 0.1) is 0 Å². The van der Waals surface area contributed by atoms with Gasteiger partial charge in [0, 0.05) is 11.6 Å². The van der Waals surface area contributed by atoms with Gasteiger partial charge in [-0.1, -0.05) is 6.08 Å². The van der Waals surface area contributed by atoms with E-state index in [1.807, 2.05) is 50.3 Å². The average molecular weight is 326 g/mol. The van der Waals surface area contributed by atoms with Gasteiger partial charge in [0.1, 0.15) is 5.75 Å². The largest absolute Gasteiger partial charge is 0.494 e. The van der Waals surface area contributed by atoms with Crippen LogP contribution in [0.25, 0.3) is 5.70 Å².